The molecule has 0 saturated carbocycles. The Bertz CT molecular complexity index is 203. The summed E-state index contributed by atoms with van der Waals surface area (Å²) in [5.41, 5.74) is 1.04. The van der Waals surface area contributed by atoms with E-state index in [0.717, 1.165) is 5.70 Å². The Hall–Kier alpha value is -1.12. The third-order valence-electron chi connectivity index (χ3n) is 1.15. The number of rotatable bonds is 1. The van der Waals surface area contributed by atoms with Crippen LogP contribution in [0.25, 0.3) is 0 Å². The van der Waals surface area contributed by atoms with Gasteiger partial charge in [0.2, 0.25) is 0 Å². The van der Waals surface area contributed by atoms with Crippen LogP contribution in [0.15, 0.2) is 16.8 Å². The Labute approximate surface area is 52.7 Å². The van der Waals surface area contributed by atoms with Crippen LogP contribution in [0, 0.1) is 0 Å². The number of carbonyl (C=O) groups is 1. The lowest BCUT2D eigenvalue weighted by atomic mass is 10.3. The van der Waals surface area contributed by atoms with E-state index in [2.05, 4.69) is 4.99 Å². The molecule has 0 bridgehead atoms. The Morgan fingerprint density at radius 2 is 2.56 bits per heavy atom. The van der Waals surface area contributed by atoms with E-state index in [9.17, 15) is 4.79 Å². The fourth-order valence-electron chi connectivity index (χ4n) is 0.684. The third kappa shape index (κ3) is 1.16. The standard InChI is InChI=1S/C6H7NO2/c1-4-2-3-5(7-4)6(8)9/h2H,3H2,1H3,(H,8,9). The molecule has 1 heterocycles. The normalized spacial score (nSPS) is 17.0. The van der Waals surface area contributed by atoms with Gasteiger partial charge in [-0.25, -0.2) is 4.79 Å². The lowest BCUT2D eigenvalue weighted by Crippen LogP contribution is -2.08. The molecule has 1 N–H and O–H groups in total. The fourth-order valence-corrected chi connectivity index (χ4v) is 0.684. The molecule has 0 aliphatic carbocycles. The first-order valence-electron chi connectivity index (χ1n) is 2.68. The molecule has 0 atom stereocenters. The van der Waals surface area contributed by atoms with Gasteiger partial charge in [0, 0.05) is 12.1 Å². The molecule has 3 nitrogen and oxygen atoms in total. The van der Waals surface area contributed by atoms with Crippen molar-refractivity contribution in [1.82, 2.24) is 0 Å². The second-order valence-corrected chi connectivity index (χ2v) is 1.91. The summed E-state index contributed by atoms with van der Waals surface area (Å²) in [5, 5.41) is 8.37. The van der Waals surface area contributed by atoms with Crippen molar-refractivity contribution in [3.8, 4) is 0 Å². The molecule has 1 aliphatic rings. The molecule has 0 aromatic heterocycles. The monoisotopic (exact) mass is 125 g/mol. The van der Waals surface area contributed by atoms with Crippen molar-refractivity contribution in [2.24, 2.45) is 4.99 Å². The van der Waals surface area contributed by atoms with E-state index >= 15 is 0 Å². The average molecular weight is 125 g/mol. The van der Waals surface area contributed by atoms with Crippen LogP contribution < -0.4 is 0 Å². The van der Waals surface area contributed by atoms with Crippen LogP contribution >= 0.6 is 0 Å². The van der Waals surface area contributed by atoms with E-state index in [1.165, 1.54) is 0 Å². The van der Waals surface area contributed by atoms with E-state index in [1.807, 2.05) is 0 Å². The number of carboxylic acids is 1. The predicted octanol–water partition coefficient (Wildman–Crippen LogP) is 0.820. The van der Waals surface area contributed by atoms with Crippen LogP contribution in [-0.2, 0) is 4.79 Å². The lowest BCUT2D eigenvalue weighted by Gasteiger charge is -1.86. The minimum Gasteiger partial charge on any atom is -0.477 e. The highest BCUT2D eigenvalue weighted by atomic mass is 16.4. The number of hydrogen-bond acceptors (Lipinski definition) is 2. The maximum Gasteiger partial charge on any atom is 0.350 e. The first-order valence-corrected chi connectivity index (χ1v) is 2.68. The molecule has 1 aliphatic heterocycles. The molecule has 0 spiro atoms. The Balaban J connectivity index is 2.71. The molecule has 0 aromatic rings. The van der Waals surface area contributed by atoms with Crippen LogP contribution in [-0.4, -0.2) is 16.8 Å². The summed E-state index contributed by atoms with van der Waals surface area (Å²) in [7, 11) is 0. The van der Waals surface area contributed by atoms with E-state index in [4.69, 9.17) is 5.11 Å². The van der Waals surface area contributed by atoms with Gasteiger partial charge in [0.1, 0.15) is 5.71 Å². The zero-order valence-corrected chi connectivity index (χ0v) is 5.09. The summed E-state index contributed by atoms with van der Waals surface area (Å²) in [6.07, 6.45) is 2.27. The highest BCUT2D eigenvalue weighted by molar-refractivity contribution is 6.36. The minimum atomic E-state index is -0.914. The quantitative estimate of drug-likeness (QED) is 0.564. The van der Waals surface area contributed by atoms with Gasteiger partial charge in [-0.3, -0.25) is 4.99 Å². The van der Waals surface area contributed by atoms with Gasteiger partial charge < -0.3 is 5.11 Å². The predicted molar refractivity (Wildman–Crippen MR) is 33.4 cm³/mol. The summed E-state index contributed by atoms with van der Waals surface area (Å²) in [6.45, 7) is 1.79. The summed E-state index contributed by atoms with van der Waals surface area (Å²) >= 11 is 0. The van der Waals surface area contributed by atoms with Crippen molar-refractivity contribution in [1.29, 1.82) is 0 Å². The van der Waals surface area contributed by atoms with Crippen LogP contribution in [0.1, 0.15) is 13.3 Å². The van der Waals surface area contributed by atoms with Gasteiger partial charge in [-0.15, -0.1) is 0 Å². The zero-order valence-electron chi connectivity index (χ0n) is 5.09. The van der Waals surface area contributed by atoms with Crippen molar-refractivity contribution >= 4 is 11.7 Å². The lowest BCUT2D eigenvalue weighted by molar-refractivity contribution is -0.129. The molecule has 9 heavy (non-hydrogen) atoms. The molecule has 3 heteroatoms. The fraction of sp³-hybridized carbons (Fsp3) is 0.333. The minimum absolute atomic E-state index is 0.243. The summed E-state index contributed by atoms with van der Waals surface area (Å²) < 4.78 is 0. The Morgan fingerprint density at radius 1 is 1.89 bits per heavy atom. The maximum absolute atomic E-state index is 10.2. The topological polar surface area (TPSA) is 49.7 Å². The number of hydrogen-bond donors (Lipinski definition) is 1. The zero-order chi connectivity index (χ0) is 6.85. The number of aliphatic carboxylic acids is 1. The van der Waals surface area contributed by atoms with E-state index in [-0.39, 0.29) is 5.71 Å². The van der Waals surface area contributed by atoms with Crippen LogP contribution in [0.5, 0.6) is 0 Å². The maximum atomic E-state index is 10.2. The number of carboxylic acid groups (broad SMARTS) is 1. The second kappa shape index (κ2) is 2.01. The third-order valence-corrected chi connectivity index (χ3v) is 1.15. The van der Waals surface area contributed by atoms with Gasteiger partial charge in [0.25, 0.3) is 0 Å². The highest BCUT2D eigenvalue weighted by Crippen LogP contribution is 2.08. The van der Waals surface area contributed by atoms with Gasteiger partial charge in [-0.1, -0.05) is 6.08 Å². The van der Waals surface area contributed by atoms with Gasteiger partial charge in [-0.2, -0.15) is 0 Å². The number of nitrogens with zero attached hydrogens (tertiary/aromatic N) is 1. The van der Waals surface area contributed by atoms with Gasteiger partial charge in [0.05, 0.1) is 0 Å². The van der Waals surface area contributed by atoms with Crippen LogP contribution in [0.3, 0.4) is 0 Å². The largest absolute Gasteiger partial charge is 0.477 e. The van der Waals surface area contributed by atoms with Gasteiger partial charge in [-0.05, 0) is 6.92 Å². The number of aliphatic imine (C=N–C) groups is 1. The molecule has 0 fully saturated rings. The molecule has 0 aromatic carbocycles. The van der Waals surface area contributed by atoms with Crippen molar-refractivity contribution in [2.75, 3.05) is 0 Å². The molecule has 48 valence electrons. The second-order valence-electron chi connectivity index (χ2n) is 1.91. The molecular weight excluding hydrogens is 118 g/mol. The number of allylic oxidation sites excluding steroid dienone is 2. The SMILES string of the molecule is CC1=CCC(C(=O)O)=N1. The van der Waals surface area contributed by atoms with E-state index in [0.29, 0.717) is 6.42 Å². The van der Waals surface area contributed by atoms with Crippen molar-refractivity contribution < 1.29 is 9.90 Å². The molecule has 1 rings (SSSR count). The average Bonchev–Trinajstić information content (AvgIpc) is 2.14. The van der Waals surface area contributed by atoms with Crippen molar-refractivity contribution in [2.45, 2.75) is 13.3 Å². The Morgan fingerprint density at radius 3 is 2.78 bits per heavy atom. The van der Waals surface area contributed by atoms with Crippen LogP contribution in [0.2, 0.25) is 0 Å². The van der Waals surface area contributed by atoms with Gasteiger partial charge in [0.15, 0.2) is 0 Å². The van der Waals surface area contributed by atoms with Crippen molar-refractivity contribution in [3.63, 3.8) is 0 Å². The van der Waals surface area contributed by atoms with Gasteiger partial charge >= 0.3 is 5.97 Å². The van der Waals surface area contributed by atoms with Crippen LogP contribution in [0.4, 0.5) is 0 Å². The first-order chi connectivity index (χ1) is 4.20. The molecule has 0 radical (unpaired) electrons. The highest BCUT2D eigenvalue weighted by Gasteiger charge is 2.11. The van der Waals surface area contributed by atoms with Crippen molar-refractivity contribution in [3.05, 3.63) is 11.8 Å². The molecular formula is C6H7NO2. The first kappa shape index (κ1) is 6.01. The summed E-state index contributed by atoms with van der Waals surface area (Å²) in [4.78, 5) is 13.9. The smallest absolute Gasteiger partial charge is 0.350 e. The van der Waals surface area contributed by atoms with E-state index in [1.54, 1.807) is 13.0 Å². The van der Waals surface area contributed by atoms with E-state index < -0.39 is 5.97 Å². The molecule has 0 unspecified atom stereocenters. The summed E-state index contributed by atoms with van der Waals surface area (Å²) in [5.74, 6) is -0.914. The Kier molecular flexibility index (Phi) is 1.34. The summed E-state index contributed by atoms with van der Waals surface area (Å²) in [6, 6.07) is 0. The molecule has 0 saturated heterocycles. The molecule has 0 amide bonds.